The SMILES string of the molecule is CC(C)NC(=O)C(C)NC1CCCNC(=O)C1. The van der Waals surface area contributed by atoms with Crippen molar-refractivity contribution in [3.8, 4) is 0 Å². The van der Waals surface area contributed by atoms with Gasteiger partial charge >= 0.3 is 0 Å². The van der Waals surface area contributed by atoms with Crippen LogP contribution in [0.5, 0.6) is 0 Å². The van der Waals surface area contributed by atoms with Gasteiger partial charge in [-0.15, -0.1) is 0 Å². The Labute approximate surface area is 103 Å². The minimum Gasteiger partial charge on any atom is -0.356 e. The first-order chi connectivity index (χ1) is 7.99. The number of hydrogen-bond donors (Lipinski definition) is 3. The molecule has 0 aliphatic carbocycles. The maximum Gasteiger partial charge on any atom is 0.237 e. The zero-order valence-corrected chi connectivity index (χ0v) is 10.9. The Morgan fingerprint density at radius 2 is 2.12 bits per heavy atom. The molecule has 5 heteroatoms. The van der Waals surface area contributed by atoms with Gasteiger partial charge in [0.15, 0.2) is 0 Å². The van der Waals surface area contributed by atoms with Gasteiger partial charge in [-0.25, -0.2) is 0 Å². The predicted octanol–water partition coefficient (Wildman–Crippen LogP) is 0.158. The Morgan fingerprint density at radius 3 is 2.76 bits per heavy atom. The highest BCUT2D eigenvalue weighted by Gasteiger charge is 2.21. The molecule has 0 aromatic rings. The second kappa shape index (κ2) is 6.59. The molecule has 5 nitrogen and oxygen atoms in total. The molecule has 1 aliphatic heterocycles. The number of carbonyl (C=O) groups is 2. The van der Waals surface area contributed by atoms with Crippen LogP contribution in [0, 0.1) is 0 Å². The van der Waals surface area contributed by atoms with Crippen molar-refractivity contribution < 1.29 is 9.59 Å². The molecule has 1 aliphatic rings. The third-order valence-corrected chi connectivity index (χ3v) is 2.79. The molecule has 0 aromatic carbocycles. The van der Waals surface area contributed by atoms with Gasteiger partial charge in [-0.1, -0.05) is 0 Å². The van der Waals surface area contributed by atoms with Crippen LogP contribution in [0.25, 0.3) is 0 Å². The van der Waals surface area contributed by atoms with Crippen LogP contribution >= 0.6 is 0 Å². The highest BCUT2D eigenvalue weighted by atomic mass is 16.2. The fourth-order valence-electron chi connectivity index (χ4n) is 1.96. The Morgan fingerprint density at radius 1 is 1.41 bits per heavy atom. The van der Waals surface area contributed by atoms with Crippen LogP contribution in [-0.2, 0) is 9.59 Å². The summed E-state index contributed by atoms with van der Waals surface area (Å²) in [5, 5.41) is 8.91. The molecule has 1 fully saturated rings. The normalized spacial score (nSPS) is 22.8. The van der Waals surface area contributed by atoms with E-state index in [9.17, 15) is 9.59 Å². The maximum atomic E-state index is 11.7. The standard InChI is InChI=1S/C12H23N3O2/c1-8(2)14-12(17)9(3)15-10-5-4-6-13-11(16)7-10/h8-10,15H,4-7H2,1-3H3,(H,13,16)(H,14,17). The minimum atomic E-state index is -0.256. The fourth-order valence-corrected chi connectivity index (χ4v) is 1.96. The number of hydrogen-bond acceptors (Lipinski definition) is 3. The molecule has 0 saturated carbocycles. The van der Waals surface area contributed by atoms with Gasteiger partial charge in [-0.3, -0.25) is 9.59 Å². The van der Waals surface area contributed by atoms with Crippen LogP contribution in [0.3, 0.4) is 0 Å². The van der Waals surface area contributed by atoms with Crippen LogP contribution in [0.2, 0.25) is 0 Å². The van der Waals surface area contributed by atoms with E-state index in [1.54, 1.807) is 0 Å². The first-order valence-corrected chi connectivity index (χ1v) is 6.32. The molecule has 1 heterocycles. The van der Waals surface area contributed by atoms with Gasteiger partial charge in [0.1, 0.15) is 0 Å². The highest BCUT2D eigenvalue weighted by Crippen LogP contribution is 2.07. The molecule has 3 N–H and O–H groups in total. The second-order valence-electron chi connectivity index (χ2n) is 4.94. The molecule has 1 saturated heterocycles. The highest BCUT2D eigenvalue weighted by molar-refractivity contribution is 5.82. The van der Waals surface area contributed by atoms with Gasteiger partial charge < -0.3 is 16.0 Å². The van der Waals surface area contributed by atoms with Crippen LogP contribution in [-0.4, -0.2) is 36.5 Å². The Balaban J connectivity index is 2.40. The van der Waals surface area contributed by atoms with Crippen molar-refractivity contribution in [3.05, 3.63) is 0 Å². The van der Waals surface area contributed by atoms with E-state index in [2.05, 4.69) is 16.0 Å². The summed E-state index contributed by atoms with van der Waals surface area (Å²) < 4.78 is 0. The van der Waals surface area contributed by atoms with Crippen molar-refractivity contribution in [3.63, 3.8) is 0 Å². The summed E-state index contributed by atoms with van der Waals surface area (Å²) in [6, 6.07) is -0.0112. The van der Waals surface area contributed by atoms with E-state index in [1.165, 1.54) is 0 Å². The lowest BCUT2D eigenvalue weighted by Gasteiger charge is -2.21. The number of rotatable bonds is 4. The zero-order valence-electron chi connectivity index (χ0n) is 10.9. The average Bonchev–Trinajstić information content (AvgIpc) is 2.41. The summed E-state index contributed by atoms with van der Waals surface area (Å²) >= 11 is 0. The summed E-state index contributed by atoms with van der Waals surface area (Å²) in [6.07, 6.45) is 2.35. The van der Waals surface area contributed by atoms with Gasteiger partial charge in [0.2, 0.25) is 11.8 Å². The Bertz CT molecular complexity index is 279. The third-order valence-electron chi connectivity index (χ3n) is 2.79. The first-order valence-electron chi connectivity index (χ1n) is 6.32. The average molecular weight is 241 g/mol. The molecular weight excluding hydrogens is 218 g/mol. The molecule has 2 amide bonds. The van der Waals surface area contributed by atoms with Crippen LogP contribution < -0.4 is 16.0 Å². The molecule has 2 atom stereocenters. The van der Waals surface area contributed by atoms with Crippen LogP contribution in [0.15, 0.2) is 0 Å². The smallest absolute Gasteiger partial charge is 0.237 e. The quantitative estimate of drug-likeness (QED) is 0.656. The third kappa shape index (κ3) is 5.17. The molecule has 98 valence electrons. The van der Waals surface area contributed by atoms with Crippen LogP contribution in [0.1, 0.15) is 40.0 Å². The number of carbonyl (C=O) groups excluding carboxylic acids is 2. The van der Waals surface area contributed by atoms with E-state index in [1.807, 2.05) is 20.8 Å². The van der Waals surface area contributed by atoms with E-state index in [0.29, 0.717) is 6.42 Å². The van der Waals surface area contributed by atoms with Gasteiger partial charge in [-0.05, 0) is 33.6 Å². The van der Waals surface area contributed by atoms with Crippen molar-refractivity contribution >= 4 is 11.8 Å². The molecule has 0 aromatic heterocycles. The molecule has 2 unspecified atom stereocenters. The second-order valence-corrected chi connectivity index (χ2v) is 4.94. The van der Waals surface area contributed by atoms with Gasteiger partial charge in [0, 0.05) is 25.0 Å². The summed E-state index contributed by atoms with van der Waals surface area (Å²) in [5.74, 6) is 0.0566. The van der Waals surface area contributed by atoms with Crippen molar-refractivity contribution in [2.45, 2.75) is 58.2 Å². The van der Waals surface area contributed by atoms with Crippen molar-refractivity contribution in [1.82, 2.24) is 16.0 Å². The summed E-state index contributed by atoms with van der Waals surface area (Å²) in [4.78, 5) is 23.1. The summed E-state index contributed by atoms with van der Waals surface area (Å²) in [6.45, 7) is 6.44. The summed E-state index contributed by atoms with van der Waals surface area (Å²) in [7, 11) is 0. The van der Waals surface area contributed by atoms with Gasteiger partial charge in [-0.2, -0.15) is 0 Å². The van der Waals surface area contributed by atoms with E-state index in [-0.39, 0.29) is 29.9 Å². The first kappa shape index (κ1) is 14.0. The molecular formula is C12H23N3O2. The van der Waals surface area contributed by atoms with Gasteiger partial charge in [0.25, 0.3) is 0 Å². The van der Waals surface area contributed by atoms with Crippen molar-refractivity contribution in [2.24, 2.45) is 0 Å². The lowest BCUT2D eigenvalue weighted by molar-refractivity contribution is -0.124. The Kier molecular flexibility index (Phi) is 5.41. The van der Waals surface area contributed by atoms with Crippen molar-refractivity contribution in [1.29, 1.82) is 0 Å². The van der Waals surface area contributed by atoms with Gasteiger partial charge in [0.05, 0.1) is 6.04 Å². The largest absolute Gasteiger partial charge is 0.356 e. The summed E-state index contributed by atoms with van der Waals surface area (Å²) in [5.41, 5.74) is 0. The number of amides is 2. The van der Waals surface area contributed by atoms with E-state index in [4.69, 9.17) is 0 Å². The molecule has 0 spiro atoms. The van der Waals surface area contributed by atoms with E-state index in [0.717, 1.165) is 19.4 Å². The fraction of sp³-hybridized carbons (Fsp3) is 0.833. The zero-order chi connectivity index (χ0) is 12.8. The molecule has 1 rings (SSSR count). The topological polar surface area (TPSA) is 70.2 Å². The lowest BCUT2D eigenvalue weighted by Crippen LogP contribution is -2.48. The predicted molar refractivity (Wildman–Crippen MR) is 66.5 cm³/mol. The molecule has 0 bridgehead atoms. The monoisotopic (exact) mass is 241 g/mol. The molecule has 0 radical (unpaired) electrons. The Hall–Kier alpha value is -1.10. The van der Waals surface area contributed by atoms with Crippen LogP contribution in [0.4, 0.5) is 0 Å². The minimum absolute atomic E-state index is 0.00958. The van der Waals surface area contributed by atoms with E-state index >= 15 is 0 Å². The number of nitrogens with one attached hydrogen (secondary N) is 3. The van der Waals surface area contributed by atoms with Crippen molar-refractivity contribution in [2.75, 3.05) is 6.54 Å². The molecule has 17 heavy (non-hydrogen) atoms. The lowest BCUT2D eigenvalue weighted by atomic mass is 10.1. The van der Waals surface area contributed by atoms with E-state index < -0.39 is 0 Å². The maximum absolute atomic E-state index is 11.7.